The van der Waals surface area contributed by atoms with Gasteiger partial charge in [0.25, 0.3) is 0 Å². The molecule has 4 nitrogen and oxygen atoms in total. The lowest BCUT2D eigenvalue weighted by atomic mass is 10.1. The predicted molar refractivity (Wildman–Crippen MR) is 83.1 cm³/mol. The molecule has 0 aliphatic heterocycles. The summed E-state index contributed by atoms with van der Waals surface area (Å²) in [6, 6.07) is 8.05. The van der Waals surface area contributed by atoms with E-state index in [0.29, 0.717) is 5.57 Å². The van der Waals surface area contributed by atoms with Crippen molar-refractivity contribution in [3.63, 3.8) is 0 Å². The van der Waals surface area contributed by atoms with Crippen LogP contribution in [0.3, 0.4) is 0 Å². The number of aliphatic carboxylic acids is 1. The van der Waals surface area contributed by atoms with Crippen LogP contribution in [-0.2, 0) is 4.79 Å². The highest BCUT2D eigenvalue weighted by Crippen LogP contribution is 2.35. The summed E-state index contributed by atoms with van der Waals surface area (Å²) in [6.45, 7) is 3.82. The molecule has 104 valence electrons. The number of aromatic nitrogens is 1. The molecule has 20 heavy (non-hydrogen) atoms. The number of benzene rings is 1. The Kier molecular flexibility index (Phi) is 4.20. The van der Waals surface area contributed by atoms with Gasteiger partial charge in [-0.3, -0.25) is 0 Å². The molecule has 2 rings (SSSR count). The van der Waals surface area contributed by atoms with Crippen LogP contribution >= 0.6 is 11.3 Å². The number of anilines is 1. The summed E-state index contributed by atoms with van der Waals surface area (Å²) in [4.78, 5) is 16.3. The van der Waals surface area contributed by atoms with E-state index < -0.39 is 5.97 Å². The molecule has 5 heteroatoms. The summed E-state index contributed by atoms with van der Waals surface area (Å²) < 4.78 is 0. The van der Waals surface area contributed by atoms with Crippen LogP contribution in [0.2, 0.25) is 0 Å². The Labute approximate surface area is 121 Å². The van der Waals surface area contributed by atoms with E-state index in [1.807, 2.05) is 31.2 Å². The molecular formula is C15H16N2O2S. The third-order valence-electron chi connectivity index (χ3n) is 2.86. The number of hydrogen-bond acceptors (Lipinski definition) is 4. The first kappa shape index (κ1) is 14.3. The zero-order valence-corrected chi connectivity index (χ0v) is 12.4. The lowest BCUT2D eigenvalue weighted by Gasteiger charge is -2.02. The summed E-state index contributed by atoms with van der Waals surface area (Å²) in [5.41, 5.74) is 3.68. The number of carboxylic acid groups (broad SMARTS) is 1. The third-order valence-corrected chi connectivity index (χ3v) is 4.07. The second-order valence-corrected chi connectivity index (χ2v) is 5.48. The number of rotatable bonds is 4. The number of hydrogen-bond donors (Lipinski definition) is 2. The number of carbonyl (C=O) groups is 1. The molecule has 2 N–H and O–H groups in total. The molecule has 0 aliphatic carbocycles. The molecule has 0 bridgehead atoms. The van der Waals surface area contributed by atoms with E-state index in [1.165, 1.54) is 23.0 Å². The molecule has 0 saturated heterocycles. The van der Waals surface area contributed by atoms with Crippen molar-refractivity contribution < 1.29 is 9.90 Å². The zero-order valence-electron chi connectivity index (χ0n) is 11.6. The van der Waals surface area contributed by atoms with Gasteiger partial charge >= 0.3 is 5.97 Å². The smallest absolute Gasteiger partial charge is 0.328 e. The predicted octanol–water partition coefficient (Wildman–Crippen LogP) is 3.65. The number of nitrogens with zero attached hydrogens (tertiary/aromatic N) is 1. The highest BCUT2D eigenvalue weighted by atomic mass is 32.1. The number of thiazole rings is 1. The second kappa shape index (κ2) is 5.88. The van der Waals surface area contributed by atoms with Gasteiger partial charge in [0.05, 0.1) is 10.6 Å². The van der Waals surface area contributed by atoms with Crippen LogP contribution in [0.25, 0.3) is 16.8 Å². The first-order chi connectivity index (χ1) is 9.51. The molecule has 0 radical (unpaired) electrons. The van der Waals surface area contributed by atoms with Crippen molar-refractivity contribution in [3.8, 4) is 11.3 Å². The fraction of sp³-hybridized carbons (Fsp3) is 0.200. The average Bonchev–Trinajstić information content (AvgIpc) is 2.83. The van der Waals surface area contributed by atoms with Gasteiger partial charge in [-0.1, -0.05) is 41.2 Å². The van der Waals surface area contributed by atoms with Gasteiger partial charge in [-0.05, 0) is 19.4 Å². The molecule has 0 amide bonds. The maximum absolute atomic E-state index is 10.8. The van der Waals surface area contributed by atoms with E-state index in [4.69, 9.17) is 5.11 Å². The SMILES string of the molecule is CNc1nc(-c2ccc(C)cc2)c(/C(C)=C/C(=O)O)s1. The minimum atomic E-state index is -0.947. The van der Waals surface area contributed by atoms with Crippen molar-refractivity contribution in [2.24, 2.45) is 0 Å². The fourth-order valence-electron chi connectivity index (χ4n) is 1.85. The summed E-state index contributed by atoms with van der Waals surface area (Å²) in [6.07, 6.45) is 1.21. The Morgan fingerprint density at radius 3 is 2.55 bits per heavy atom. The number of carboxylic acids is 1. The highest BCUT2D eigenvalue weighted by molar-refractivity contribution is 7.17. The Morgan fingerprint density at radius 1 is 1.35 bits per heavy atom. The Morgan fingerprint density at radius 2 is 2.00 bits per heavy atom. The van der Waals surface area contributed by atoms with Crippen LogP contribution in [0.5, 0.6) is 0 Å². The van der Waals surface area contributed by atoms with Crippen molar-refractivity contribution in [2.75, 3.05) is 12.4 Å². The van der Waals surface area contributed by atoms with Gasteiger partial charge in [0, 0.05) is 18.7 Å². The lowest BCUT2D eigenvalue weighted by Crippen LogP contribution is -1.90. The topological polar surface area (TPSA) is 62.2 Å². The monoisotopic (exact) mass is 288 g/mol. The lowest BCUT2D eigenvalue weighted by molar-refractivity contribution is -0.131. The van der Waals surface area contributed by atoms with Crippen molar-refractivity contribution >= 4 is 28.0 Å². The van der Waals surface area contributed by atoms with Crippen molar-refractivity contribution in [1.29, 1.82) is 0 Å². The number of allylic oxidation sites excluding steroid dienone is 1. The molecular weight excluding hydrogens is 272 g/mol. The van der Waals surface area contributed by atoms with Gasteiger partial charge in [0.2, 0.25) is 0 Å². The Balaban J connectivity index is 2.54. The van der Waals surface area contributed by atoms with Crippen LogP contribution in [0, 0.1) is 6.92 Å². The second-order valence-electron chi connectivity index (χ2n) is 4.48. The van der Waals surface area contributed by atoms with Crippen LogP contribution in [-0.4, -0.2) is 23.1 Å². The molecule has 0 aliphatic rings. The van der Waals surface area contributed by atoms with Crippen LogP contribution in [0.1, 0.15) is 17.4 Å². The number of aryl methyl sites for hydroxylation is 1. The fourth-order valence-corrected chi connectivity index (χ4v) is 2.76. The Bertz CT molecular complexity index is 657. The quantitative estimate of drug-likeness (QED) is 0.843. The van der Waals surface area contributed by atoms with Crippen molar-refractivity contribution in [3.05, 3.63) is 40.8 Å². The van der Waals surface area contributed by atoms with E-state index in [1.54, 1.807) is 14.0 Å². The van der Waals surface area contributed by atoms with Gasteiger partial charge in [0.15, 0.2) is 5.13 Å². The highest BCUT2D eigenvalue weighted by Gasteiger charge is 2.14. The molecule has 0 spiro atoms. The van der Waals surface area contributed by atoms with Gasteiger partial charge in [-0.15, -0.1) is 0 Å². The van der Waals surface area contributed by atoms with Gasteiger partial charge in [-0.2, -0.15) is 0 Å². The first-order valence-corrected chi connectivity index (χ1v) is 7.00. The standard InChI is InChI=1S/C15H16N2O2S/c1-9-4-6-11(7-5-9)13-14(10(2)8-12(18)19)20-15(16-3)17-13/h4-8H,1-3H3,(H,16,17)(H,18,19)/b10-8+. The minimum Gasteiger partial charge on any atom is -0.478 e. The molecule has 0 unspecified atom stereocenters. The van der Waals surface area contributed by atoms with Gasteiger partial charge < -0.3 is 10.4 Å². The minimum absolute atomic E-state index is 0.701. The molecule has 1 heterocycles. The average molecular weight is 288 g/mol. The normalized spacial score (nSPS) is 11.4. The molecule has 1 aromatic carbocycles. The summed E-state index contributed by atoms with van der Waals surface area (Å²) in [5, 5.41) is 12.7. The molecule has 0 fully saturated rings. The molecule has 0 saturated carbocycles. The maximum atomic E-state index is 10.8. The summed E-state index contributed by atoms with van der Waals surface area (Å²) in [7, 11) is 1.80. The third kappa shape index (κ3) is 3.05. The van der Waals surface area contributed by atoms with Crippen LogP contribution in [0.4, 0.5) is 5.13 Å². The van der Waals surface area contributed by atoms with Gasteiger partial charge in [0.1, 0.15) is 0 Å². The van der Waals surface area contributed by atoms with E-state index in [9.17, 15) is 4.79 Å². The van der Waals surface area contributed by atoms with E-state index >= 15 is 0 Å². The largest absolute Gasteiger partial charge is 0.478 e. The van der Waals surface area contributed by atoms with Gasteiger partial charge in [-0.25, -0.2) is 9.78 Å². The zero-order chi connectivity index (χ0) is 14.7. The molecule has 0 atom stereocenters. The van der Waals surface area contributed by atoms with E-state index in [2.05, 4.69) is 10.3 Å². The van der Waals surface area contributed by atoms with Crippen LogP contribution < -0.4 is 5.32 Å². The van der Waals surface area contributed by atoms with Crippen molar-refractivity contribution in [1.82, 2.24) is 4.98 Å². The maximum Gasteiger partial charge on any atom is 0.328 e. The van der Waals surface area contributed by atoms with Crippen molar-refractivity contribution in [2.45, 2.75) is 13.8 Å². The number of nitrogens with one attached hydrogen (secondary N) is 1. The first-order valence-electron chi connectivity index (χ1n) is 6.18. The molecule has 2 aromatic rings. The summed E-state index contributed by atoms with van der Waals surface area (Å²) in [5.74, 6) is -0.947. The molecule has 1 aromatic heterocycles. The van der Waals surface area contributed by atoms with E-state index in [0.717, 1.165) is 21.3 Å². The van der Waals surface area contributed by atoms with Crippen LogP contribution in [0.15, 0.2) is 30.3 Å². The summed E-state index contributed by atoms with van der Waals surface area (Å²) >= 11 is 1.45. The van der Waals surface area contributed by atoms with E-state index in [-0.39, 0.29) is 0 Å². The Hall–Kier alpha value is -2.14.